The van der Waals surface area contributed by atoms with Gasteiger partial charge in [-0.3, -0.25) is 4.79 Å². The molecule has 1 aromatic rings. The molecular weight excluding hydrogens is 434 g/mol. The van der Waals surface area contributed by atoms with E-state index in [2.05, 4.69) is 10.3 Å². The summed E-state index contributed by atoms with van der Waals surface area (Å²) in [5, 5.41) is 2.87. The number of nitrogens with one attached hydrogen (secondary N) is 1. The van der Waals surface area contributed by atoms with Crippen molar-refractivity contribution in [3.8, 4) is 0 Å². The highest BCUT2D eigenvalue weighted by Gasteiger charge is 2.28. The smallest absolute Gasteiger partial charge is 0.407 e. The van der Waals surface area contributed by atoms with Crippen LogP contribution in [0.4, 0.5) is 10.5 Å². The van der Waals surface area contributed by atoms with Gasteiger partial charge in [-0.05, 0) is 57.7 Å². The minimum atomic E-state index is -3.64. The van der Waals surface area contributed by atoms with E-state index in [1.54, 1.807) is 26.8 Å². The van der Waals surface area contributed by atoms with Gasteiger partial charge in [0, 0.05) is 31.0 Å². The first-order valence-corrected chi connectivity index (χ1v) is 12.4. The lowest BCUT2D eigenvalue weighted by atomic mass is 10.0. The molecular formula is C21H33N5O5S. The molecule has 11 heteroatoms. The minimum Gasteiger partial charge on any atom is -0.444 e. The van der Waals surface area contributed by atoms with Crippen molar-refractivity contribution in [3.63, 3.8) is 0 Å². The maximum absolute atomic E-state index is 12.5. The molecule has 0 radical (unpaired) electrons. The number of benzene rings is 1. The molecule has 1 aromatic carbocycles. The number of hydrogen-bond acceptors (Lipinski definition) is 6. The Morgan fingerprint density at radius 2 is 1.81 bits per heavy atom. The van der Waals surface area contributed by atoms with Crippen LogP contribution in [0.3, 0.4) is 0 Å². The summed E-state index contributed by atoms with van der Waals surface area (Å²) in [7, 11) is -3.64. The molecule has 10 nitrogen and oxygen atoms in total. The van der Waals surface area contributed by atoms with Crippen molar-refractivity contribution in [2.45, 2.75) is 63.5 Å². The first kappa shape index (κ1) is 25.4. The average Bonchev–Trinajstić information content (AvgIpc) is 2.64. The van der Waals surface area contributed by atoms with Gasteiger partial charge in [-0.25, -0.2) is 13.2 Å². The highest BCUT2D eigenvalue weighted by molar-refractivity contribution is 7.90. The molecule has 0 aliphatic carbocycles. The number of alkyl carbamates (subject to hydrolysis) is 1. The summed E-state index contributed by atoms with van der Waals surface area (Å²) in [6.07, 6.45) is 2.37. The fraction of sp³-hybridized carbons (Fsp3) is 0.571. The van der Waals surface area contributed by atoms with Crippen LogP contribution >= 0.6 is 0 Å². The number of ether oxygens (including phenoxy) is 1. The highest BCUT2D eigenvalue weighted by atomic mass is 32.2. The number of guanidine groups is 1. The lowest BCUT2D eigenvalue weighted by Gasteiger charge is -2.35. The van der Waals surface area contributed by atoms with Gasteiger partial charge in [-0.2, -0.15) is 4.99 Å². The quantitative estimate of drug-likeness (QED) is 0.435. The molecule has 0 saturated carbocycles. The van der Waals surface area contributed by atoms with Gasteiger partial charge >= 0.3 is 6.09 Å². The van der Waals surface area contributed by atoms with Crippen LogP contribution in [0.5, 0.6) is 0 Å². The van der Waals surface area contributed by atoms with Crippen LogP contribution in [0, 0.1) is 0 Å². The van der Waals surface area contributed by atoms with Crippen molar-refractivity contribution in [2.24, 2.45) is 16.5 Å². The molecule has 1 aliphatic rings. The zero-order chi connectivity index (χ0) is 24.3. The predicted molar refractivity (Wildman–Crippen MR) is 124 cm³/mol. The Kier molecular flexibility index (Phi) is 7.76. The van der Waals surface area contributed by atoms with Crippen LogP contribution in [0.15, 0.2) is 22.0 Å². The second-order valence-electron chi connectivity index (χ2n) is 8.85. The van der Waals surface area contributed by atoms with Gasteiger partial charge < -0.3 is 26.4 Å². The van der Waals surface area contributed by atoms with Crippen molar-refractivity contribution in [1.82, 2.24) is 5.32 Å². The van der Waals surface area contributed by atoms with Gasteiger partial charge in [0.2, 0.25) is 0 Å². The minimum absolute atomic E-state index is 0.0439. The zero-order valence-corrected chi connectivity index (χ0v) is 20.1. The fourth-order valence-corrected chi connectivity index (χ4v) is 4.46. The topological polar surface area (TPSA) is 157 Å². The normalized spacial score (nSPS) is 15.2. The van der Waals surface area contributed by atoms with Crippen molar-refractivity contribution in [2.75, 3.05) is 24.2 Å². The first-order valence-electron chi connectivity index (χ1n) is 10.5. The molecule has 0 bridgehead atoms. The van der Waals surface area contributed by atoms with Gasteiger partial charge in [0.05, 0.1) is 10.6 Å². The van der Waals surface area contributed by atoms with Crippen LogP contribution in [-0.4, -0.2) is 57.4 Å². The SMILES string of the molecule is CCc1cc(N2CCC(NC(=O)OC(C)(C)C)CC2)c(S(C)(=O)=O)cc1C(=O)N=C(N)N. The third-order valence-corrected chi connectivity index (χ3v) is 6.11. The molecule has 2 rings (SSSR count). The van der Waals surface area contributed by atoms with Gasteiger partial charge in [0.25, 0.3) is 5.91 Å². The number of sulfone groups is 1. The Morgan fingerprint density at radius 3 is 2.28 bits per heavy atom. The van der Waals surface area contributed by atoms with Gasteiger partial charge in [0.1, 0.15) is 5.60 Å². The van der Waals surface area contributed by atoms with E-state index >= 15 is 0 Å². The molecule has 1 saturated heterocycles. The average molecular weight is 468 g/mol. The molecule has 1 aliphatic heterocycles. The molecule has 178 valence electrons. The van der Waals surface area contributed by atoms with E-state index in [0.29, 0.717) is 43.6 Å². The van der Waals surface area contributed by atoms with E-state index in [9.17, 15) is 18.0 Å². The standard InChI is InChI=1S/C21H33N5O5S/c1-6-13-11-16(17(32(5,29)30)12-15(13)18(27)25-19(22)23)26-9-7-14(8-10-26)24-20(28)31-21(2,3)4/h11-12,14H,6-10H2,1-5H3,(H,24,28)(H4,22,23,25,27). The number of nitrogens with two attached hydrogens (primary N) is 2. The van der Waals surface area contributed by atoms with E-state index in [1.807, 2.05) is 11.8 Å². The Morgan fingerprint density at radius 1 is 1.22 bits per heavy atom. The number of rotatable bonds is 5. The molecule has 0 aromatic heterocycles. The number of hydrogen-bond donors (Lipinski definition) is 3. The molecule has 32 heavy (non-hydrogen) atoms. The number of carbonyl (C=O) groups is 2. The van der Waals surface area contributed by atoms with E-state index in [-0.39, 0.29) is 22.5 Å². The van der Waals surface area contributed by atoms with E-state index in [4.69, 9.17) is 16.2 Å². The van der Waals surface area contributed by atoms with Crippen molar-refractivity contribution in [1.29, 1.82) is 0 Å². The Hall–Kier alpha value is -2.82. The Labute approximate surface area is 189 Å². The lowest BCUT2D eigenvalue weighted by Crippen LogP contribution is -2.46. The summed E-state index contributed by atoms with van der Waals surface area (Å²) in [6, 6.07) is 2.99. The van der Waals surface area contributed by atoms with Crippen molar-refractivity contribution < 1.29 is 22.7 Å². The molecule has 5 N–H and O–H groups in total. The number of aryl methyl sites for hydroxylation is 1. The van der Waals surface area contributed by atoms with E-state index < -0.39 is 27.4 Å². The number of nitrogens with zero attached hydrogens (tertiary/aromatic N) is 2. The number of piperidine rings is 1. The molecule has 2 amide bonds. The Balaban J connectivity index is 2.29. The monoisotopic (exact) mass is 467 g/mol. The number of anilines is 1. The highest BCUT2D eigenvalue weighted by Crippen LogP contribution is 2.32. The largest absolute Gasteiger partial charge is 0.444 e. The fourth-order valence-electron chi connectivity index (χ4n) is 3.56. The van der Waals surface area contributed by atoms with Gasteiger partial charge in [-0.1, -0.05) is 6.92 Å². The van der Waals surface area contributed by atoms with Crippen molar-refractivity contribution >= 4 is 33.5 Å². The van der Waals surface area contributed by atoms with E-state index in [1.165, 1.54) is 6.07 Å². The number of amides is 2. The Bertz CT molecular complexity index is 1000. The molecule has 1 fully saturated rings. The second kappa shape index (κ2) is 9.76. The molecule has 0 atom stereocenters. The molecule has 0 unspecified atom stereocenters. The van der Waals surface area contributed by atoms with Crippen LogP contribution < -0.4 is 21.7 Å². The van der Waals surface area contributed by atoms with Crippen LogP contribution in [-0.2, 0) is 21.0 Å². The number of carbonyl (C=O) groups excluding carboxylic acids is 2. The summed E-state index contributed by atoms with van der Waals surface area (Å²) in [6.45, 7) is 8.33. The third-order valence-electron chi connectivity index (χ3n) is 4.98. The summed E-state index contributed by atoms with van der Waals surface area (Å²) in [5.41, 5.74) is 11.4. The first-order chi connectivity index (χ1) is 14.7. The maximum Gasteiger partial charge on any atom is 0.407 e. The van der Waals surface area contributed by atoms with E-state index in [0.717, 1.165) is 6.26 Å². The molecule has 1 heterocycles. The van der Waals surface area contributed by atoms with Crippen LogP contribution in [0.1, 0.15) is 56.5 Å². The summed E-state index contributed by atoms with van der Waals surface area (Å²) >= 11 is 0. The summed E-state index contributed by atoms with van der Waals surface area (Å²) in [4.78, 5) is 30.0. The summed E-state index contributed by atoms with van der Waals surface area (Å²) < 4.78 is 30.4. The van der Waals surface area contributed by atoms with Crippen LogP contribution in [0.25, 0.3) is 0 Å². The number of aliphatic imine (C=N–C) groups is 1. The zero-order valence-electron chi connectivity index (χ0n) is 19.3. The summed E-state index contributed by atoms with van der Waals surface area (Å²) in [5.74, 6) is -1.07. The maximum atomic E-state index is 12.5. The van der Waals surface area contributed by atoms with Crippen LogP contribution in [0.2, 0.25) is 0 Å². The lowest BCUT2D eigenvalue weighted by molar-refractivity contribution is 0.0497. The molecule has 0 spiro atoms. The van der Waals surface area contributed by atoms with Gasteiger partial charge in [-0.15, -0.1) is 0 Å². The second-order valence-corrected chi connectivity index (χ2v) is 10.8. The predicted octanol–water partition coefficient (Wildman–Crippen LogP) is 1.56. The van der Waals surface area contributed by atoms with Crippen molar-refractivity contribution in [3.05, 3.63) is 23.3 Å². The third kappa shape index (κ3) is 6.84. The van der Waals surface area contributed by atoms with Gasteiger partial charge in [0.15, 0.2) is 15.8 Å².